The summed E-state index contributed by atoms with van der Waals surface area (Å²) in [5.41, 5.74) is 1.10. The lowest BCUT2D eigenvalue weighted by atomic mass is 10.0. The molecule has 0 radical (unpaired) electrons. The number of hydrogen-bond acceptors (Lipinski definition) is 5. The van der Waals surface area contributed by atoms with E-state index in [2.05, 4.69) is 15.0 Å². The van der Waals surface area contributed by atoms with Gasteiger partial charge in [0.05, 0.1) is 12.2 Å². The quantitative estimate of drug-likeness (QED) is 0.859. The van der Waals surface area contributed by atoms with Crippen molar-refractivity contribution in [1.29, 1.82) is 0 Å². The van der Waals surface area contributed by atoms with Gasteiger partial charge in [-0.1, -0.05) is 0 Å². The normalized spacial score (nSPS) is 19.1. The molecule has 0 amide bonds. The molecule has 2 aliphatic rings. The third-order valence-electron chi connectivity index (χ3n) is 3.96. The predicted molar refractivity (Wildman–Crippen MR) is 78.3 cm³/mol. The van der Waals surface area contributed by atoms with E-state index in [4.69, 9.17) is 0 Å². The maximum absolute atomic E-state index is 11.9. The van der Waals surface area contributed by atoms with Crippen molar-refractivity contribution in [3.05, 3.63) is 39.8 Å². The molecule has 0 bridgehead atoms. The fraction of sp³-hybridized carbons (Fsp3) is 0.500. The summed E-state index contributed by atoms with van der Waals surface area (Å²) in [4.78, 5) is 18.4. The molecule has 1 aliphatic carbocycles. The Bertz CT molecular complexity index is 656. The van der Waals surface area contributed by atoms with Crippen LogP contribution in [0, 0.1) is 5.92 Å². The minimum atomic E-state index is 0.0158. The van der Waals surface area contributed by atoms with Gasteiger partial charge < -0.3 is 4.90 Å². The molecular weight excluding hydrogens is 272 g/mol. The van der Waals surface area contributed by atoms with Crippen LogP contribution in [0.1, 0.15) is 24.5 Å². The largest absolute Gasteiger partial charge is 0.347 e. The summed E-state index contributed by atoms with van der Waals surface area (Å²) < 4.78 is 1.65. The van der Waals surface area contributed by atoms with Crippen molar-refractivity contribution in [1.82, 2.24) is 14.8 Å². The Morgan fingerprint density at radius 3 is 2.85 bits per heavy atom. The van der Waals surface area contributed by atoms with E-state index < -0.39 is 0 Å². The molecule has 0 spiro atoms. The van der Waals surface area contributed by atoms with Crippen molar-refractivity contribution < 1.29 is 0 Å². The van der Waals surface area contributed by atoms with Gasteiger partial charge in [0, 0.05) is 42.6 Å². The first kappa shape index (κ1) is 12.1. The van der Waals surface area contributed by atoms with Crippen LogP contribution in [-0.4, -0.2) is 27.9 Å². The lowest BCUT2D eigenvalue weighted by molar-refractivity contribution is 0.333. The van der Waals surface area contributed by atoms with E-state index in [1.807, 2.05) is 17.6 Å². The second-order valence-electron chi connectivity index (χ2n) is 5.64. The van der Waals surface area contributed by atoms with E-state index in [0.29, 0.717) is 11.8 Å². The third kappa shape index (κ3) is 2.24. The average Bonchev–Trinajstić information content (AvgIpc) is 3.11. The second-order valence-corrected chi connectivity index (χ2v) is 6.51. The van der Waals surface area contributed by atoms with Crippen LogP contribution in [0.5, 0.6) is 0 Å². The van der Waals surface area contributed by atoms with Crippen LogP contribution in [-0.2, 0) is 6.54 Å². The SMILES string of the molecule is O=c1ccc(C2CC2)nn1CC1CN(c2nccs2)C1. The van der Waals surface area contributed by atoms with Crippen LogP contribution in [0.4, 0.5) is 5.13 Å². The Balaban J connectivity index is 1.43. The molecule has 20 heavy (non-hydrogen) atoms. The minimum Gasteiger partial charge on any atom is -0.347 e. The Labute approximate surface area is 120 Å². The highest BCUT2D eigenvalue weighted by Gasteiger charge is 2.30. The molecule has 2 aromatic heterocycles. The molecule has 3 heterocycles. The van der Waals surface area contributed by atoms with E-state index in [0.717, 1.165) is 30.5 Å². The van der Waals surface area contributed by atoms with Crippen LogP contribution in [0.3, 0.4) is 0 Å². The summed E-state index contributed by atoms with van der Waals surface area (Å²) in [6.07, 6.45) is 4.26. The summed E-state index contributed by atoms with van der Waals surface area (Å²) in [6, 6.07) is 3.55. The van der Waals surface area contributed by atoms with Gasteiger partial charge in [0.1, 0.15) is 0 Å². The van der Waals surface area contributed by atoms with E-state index in [9.17, 15) is 4.79 Å². The van der Waals surface area contributed by atoms with Crippen molar-refractivity contribution >= 4 is 16.5 Å². The average molecular weight is 288 g/mol. The van der Waals surface area contributed by atoms with Gasteiger partial charge in [-0.15, -0.1) is 11.3 Å². The zero-order valence-electron chi connectivity index (χ0n) is 11.1. The van der Waals surface area contributed by atoms with Crippen molar-refractivity contribution in [3.8, 4) is 0 Å². The van der Waals surface area contributed by atoms with Gasteiger partial charge in [-0.05, 0) is 18.9 Å². The second kappa shape index (κ2) is 4.70. The summed E-state index contributed by atoms with van der Waals surface area (Å²) in [5.74, 6) is 1.09. The van der Waals surface area contributed by atoms with Crippen molar-refractivity contribution in [2.24, 2.45) is 5.92 Å². The van der Waals surface area contributed by atoms with Crippen LogP contribution >= 0.6 is 11.3 Å². The summed E-state index contributed by atoms with van der Waals surface area (Å²) >= 11 is 1.66. The van der Waals surface area contributed by atoms with Crippen LogP contribution in [0.15, 0.2) is 28.5 Å². The molecule has 1 saturated carbocycles. The molecule has 5 nitrogen and oxygen atoms in total. The number of hydrogen-bond donors (Lipinski definition) is 0. The molecule has 0 atom stereocenters. The number of aromatic nitrogens is 3. The molecule has 0 unspecified atom stereocenters. The van der Waals surface area contributed by atoms with Crippen LogP contribution < -0.4 is 10.5 Å². The van der Waals surface area contributed by atoms with Crippen molar-refractivity contribution in [2.45, 2.75) is 25.3 Å². The first-order valence-electron chi connectivity index (χ1n) is 7.02. The fourth-order valence-electron chi connectivity index (χ4n) is 2.65. The molecule has 1 aliphatic heterocycles. The molecule has 2 fully saturated rings. The van der Waals surface area contributed by atoms with Gasteiger partial charge >= 0.3 is 0 Å². The number of rotatable bonds is 4. The molecule has 6 heteroatoms. The summed E-state index contributed by atoms with van der Waals surface area (Å²) in [6.45, 7) is 2.66. The molecular formula is C14H16N4OS. The highest BCUT2D eigenvalue weighted by molar-refractivity contribution is 7.13. The molecule has 0 aromatic carbocycles. The zero-order valence-corrected chi connectivity index (χ0v) is 11.9. The van der Waals surface area contributed by atoms with E-state index in [-0.39, 0.29) is 5.56 Å². The summed E-state index contributed by atoms with van der Waals surface area (Å²) in [7, 11) is 0. The number of anilines is 1. The Kier molecular flexibility index (Phi) is 2.84. The maximum Gasteiger partial charge on any atom is 0.266 e. The van der Waals surface area contributed by atoms with Gasteiger partial charge in [0.15, 0.2) is 5.13 Å². The van der Waals surface area contributed by atoms with E-state index in [1.54, 1.807) is 22.1 Å². The molecule has 0 N–H and O–H groups in total. The minimum absolute atomic E-state index is 0.0158. The topological polar surface area (TPSA) is 51.0 Å². The van der Waals surface area contributed by atoms with Gasteiger partial charge in [0.2, 0.25) is 0 Å². The molecule has 4 rings (SSSR count). The van der Waals surface area contributed by atoms with Gasteiger partial charge in [0.25, 0.3) is 5.56 Å². The highest BCUT2D eigenvalue weighted by atomic mass is 32.1. The predicted octanol–water partition coefficient (Wildman–Crippen LogP) is 1.71. The highest BCUT2D eigenvalue weighted by Crippen LogP contribution is 2.38. The lowest BCUT2D eigenvalue weighted by Crippen LogP contribution is -2.49. The van der Waals surface area contributed by atoms with E-state index >= 15 is 0 Å². The third-order valence-corrected chi connectivity index (χ3v) is 4.79. The molecule has 1 saturated heterocycles. The fourth-order valence-corrected chi connectivity index (χ4v) is 3.31. The molecule has 104 valence electrons. The maximum atomic E-state index is 11.9. The zero-order chi connectivity index (χ0) is 13.5. The Morgan fingerprint density at radius 1 is 1.30 bits per heavy atom. The van der Waals surface area contributed by atoms with Gasteiger partial charge in [-0.25, -0.2) is 9.67 Å². The monoisotopic (exact) mass is 288 g/mol. The Hall–Kier alpha value is -1.69. The smallest absolute Gasteiger partial charge is 0.266 e. The lowest BCUT2D eigenvalue weighted by Gasteiger charge is -2.39. The van der Waals surface area contributed by atoms with Gasteiger partial charge in [-0.3, -0.25) is 4.79 Å². The van der Waals surface area contributed by atoms with Gasteiger partial charge in [-0.2, -0.15) is 5.10 Å². The first-order chi connectivity index (χ1) is 9.79. The number of thiazole rings is 1. The molecule has 2 aromatic rings. The Morgan fingerprint density at radius 2 is 2.15 bits per heavy atom. The van der Waals surface area contributed by atoms with Crippen LogP contribution in [0.25, 0.3) is 0 Å². The van der Waals surface area contributed by atoms with E-state index in [1.165, 1.54) is 12.8 Å². The van der Waals surface area contributed by atoms with Crippen molar-refractivity contribution in [3.63, 3.8) is 0 Å². The standard InChI is InChI=1S/C14H16N4OS/c19-13-4-3-12(11-1-2-11)16-18(13)9-10-7-17(8-10)14-15-5-6-20-14/h3-6,10-11H,1-2,7-9H2. The van der Waals surface area contributed by atoms with Crippen LogP contribution in [0.2, 0.25) is 0 Å². The number of nitrogens with zero attached hydrogens (tertiary/aromatic N) is 4. The first-order valence-corrected chi connectivity index (χ1v) is 7.90. The van der Waals surface area contributed by atoms with Crippen molar-refractivity contribution in [2.75, 3.05) is 18.0 Å². The summed E-state index contributed by atoms with van der Waals surface area (Å²) in [5, 5.41) is 7.59.